The van der Waals surface area contributed by atoms with Crippen molar-refractivity contribution in [2.75, 3.05) is 11.9 Å². The van der Waals surface area contributed by atoms with E-state index in [0.29, 0.717) is 23.2 Å². The van der Waals surface area contributed by atoms with Gasteiger partial charge in [0.2, 0.25) is 5.43 Å². The van der Waals surface area contributed by atoms with E-state index in [1.165, 1.54) is 24.5 Å². The monoisotopic (exact) mass is 615 g/mol. The maximum atomic E-state index is 13.4. The van der Waals surface area contributed by atoms with Gasteiger partial charge in [-0.25, -0.2) is 19.6 Å². The van der Waals surface area contributed by atoms with E-state index < -0.39 is 29.3 Å². The molecule has 0 saturated heterocycles. The Bertz CT molecular complexity index is 1740. The number of thiazole rings is 1. The minimum absolute atomic E-state index is 0.0243. The van der Waals surface area contributed by atoms with Crippen molar-refractivity contribution in [1.29, 1.82) is 0 Å². The molecule has 1 aromatic carbocycles. The van der Waals surface area contributed by atoms with Crippen LogP contribution in [0.25, 0.3) is 32.6 Å². The van der Waals surface area contributed by atoms with Crippen LogP contribution in [0.4, 0.5) is 23.8 Å². The molecule has 13 heteroatoms. The van der Waals surface area contributed by atoms with Crippen LogP contribution >= 0.6 is 11.3 Å². The molecule has 0 spiro atoms. The standard InChI is InChI=1S/C30H32F3N5O4S/c1-6-8-23(29(3,4)5)38-14-20(27(40)41)25(39)18-11-16(9-10-21(18)38)19-13-35-24(37-28(42)34-7-2)12-17(19)26-36-22(15-43-26)30(31,32)33/h9-15,23H,6-8H2,1-5H3,(H,40,41)(H2,34,35,37,42). The third-order valence-electron chi connectivity index (χ3n) is 6.98. The third-order valence-corrected chi connectivity index (χ3v) is 7.85. The van der Waals surface area contributed by atoms with Crippen LogP contribution in [0.1, 0.15) is 69.6 Å². The zero-order valence-electron chi connectivity index (χ0n) is 24.3. The highest BCUT2D eigenvalue weighted by Gasteiger charge is 2.34. The summed E-state index contributed by atoms with van der Waals surface area (Å²) >= 11 is 0.773. The second-order valence-electron chi connectivity index (χ2n) is 11.1. The van der Waals surface area contributed by atoms with Crippen molar-refractivity contribution in [2.45, 2.75) is 59.7 Å². The molecule has 1 atom stereocenters. The minimum atomic E-state index is -4.66. The number of hydrogen-bond donors (Lipinski definition) is 3. The number of amides is 2. The first-order valence-electron chi connectivity index (χ1n) is 13.7. The van der Waals surface area contributed by atoms with Crippen LogP contribution in [0.3, 0.4) is 0 Å². The van der Waals surface area contributed by atoms with Gasteiger partial charge in [0.15, 0.2) is 5.69 Å². The molecule has 0 aliphatic carbocycles. The van der Waals surface area contributed by atoms with E-state index in [1.807, 2.05) is 32.3 Å². The van der Waals surface area contributed by atoms with Crippen LogP contribution < -0.4 is 16.1 Å². The summed E-state index contributed by atoms with van der Waals surface area (Å²) in [7, 11) is 0. The summed E-state index contributed by atoms with van der Waals surface area (Å²) in [5.74, 6) is -1.28. The van der Waals surface area contributed by atoms with E-state index in [2.05, 4.69) is 20.6 Å². The van der Waals surface area contributed by atoms with Gasteiger partial charge in [-0.2, -0.15) is 13.2 Å². The average Bonchev–Trinajstić information content (AvgIpc) is 3.43. The molecule has 3 aromatic heterocycles. The summed E-state index contributed by atoms with van der Waals surface area (Å²) in [6.45, 7) is 10.2. The molecule has 4 aromatic rings. The number of benzene rings is 1. The average molecular weight is 616 g/mol. The molecule has 0 aliphatic heterocycles. The first-order chi connectivity index (χ1) is 20.1. The highest BCUT2D eigenvalue weighted by Crippen LogP contribution is 2.40. The minimum Gasteiger partial charge on any atom is -0.477 e. The van der Waals surface area contributed by atoms with Crippen molar-refractivity contribution in [2.24, 2.45) is 5.41 Å². The Hall–Kier alpha value is -4.26. The number of hydrogen-bond acceptors (Lipinski definition) is 6. The fourth-order valence-corrected chi connectivity index (χ4v) is 5.83. The maximum absolute atomic E-state index is 13.4. The topological polar surface area (TPSA) is 126 Å². The van der Waals surface area contributed by atoms with Gasteiger partial charge in [-0.3, -0.25) is 10.1 Å². The van der Waals surface area contributed by atoms with Gasteiger partial charge < -0.3 is 15.0 Å². The molecular weight excluding hydrogens is 583 g/mol. The number of rotatable bonds is 8. The number of fused-ring (bicyclic) bond motifs is 1. The van der Waals surface area contributed by atoms with Crippen molar-refractivity contribution in [3.05, 3.63) is 63.5 Å². The zero-order chi connectivity index (χ0) is 31.7. The van der Waals surface area contributed by atoms with Crippen LogP contribution in [-0.2, 0) is 6.18 Å². The number of urea groups is 1. The lowest BCUT2D eigenvalue weighted by atomic mass is 9.83. The predicted octanol–water partition coefficient (Wildman–Crippen LogP) is 7.43. The van der Waals surface area contributed by atoms with Crippen LogP contribution in [-0.4, -0.2) is 38.2 Å². The number of anilines is 1. The highest BCUT2D eigenvalue weighted by atomic mass is 32.1. The van der Waals surface area contributed by atoms with Crippen molar-refractivity contribution in [3.63, 3.8) is 0 Å². The number of nitrogens with one attached hydrogen (secondary N) is 2. The molecule has 3 heterocycles. The molecule has 1 unspecified atom stereocenters. The van der Waals surface area contributed by atoms with Crippen LogP contribution in [0, 0.1) is 5.41 Å². The van der Waals surface area contributed by atoms with Crippen molar-refractivity contribution >= 4 is 40.1 Å². The van der Waals surface area contributed by atoms with Crippen LogP contribution in [0.5, 0.6) is 0 Å². The molecule has 3 N–H and O–H groups in total. The van der Waals surface area contributed by atoms with Gasteiger partial charge in [0.25, 0.3) is 0 Å². The summed E-state index contributed by atoms with van der Waals surface area (Å²) in [5, 5.41) is 16.1. The van der Waals surface area contributed by atoms with E-state index in [0.717, 1.165) is 29.6 Å². The Labute approximate surface area is 249 Å². The number of nitrogens with zero attached hydrogens (tertiary/aromatic N) is 3. The summed E-state index contributed by atoms with van der Waals surface area (Å²) in [6.07, 6.45) is -0.326. The summed E-state index contributed by atoms with van der Waals surface area (Å²) in [5.41, 5.74) is -0.856. The smallest absolute Gasteiger partial charge is 0.434 e. The second-order valence-corrected chi connectivity index (χ2v) is 12.0. The number of aromatic carboxylic acids is 1. The van der Waals surface area contributed by atoms with Crippen molar-refractivity contribution in [1.82, 2.24) is 19.9 Å². The molecule has 0 fully saturated rings. The molecule has 228 valence electrons. The maximum Gasteiger partial charge on any atom is 0.434 e. The van der Waals surface area contributed by atoms with Crippen molar-refractivity contribution < 1.29 is 27.9 Å². The van der Waals surface area contributed by atoms with Gasteiger partial charge in [-0.15, -0.1) is 11.3 Å². The number of carbonyl (C=O) groups is 2. The number of aromatic nitrogens is 3. The lowest BCUT2D eigenvalue weighted by molar-refractivity contribution is -0.140. The summed E-state index contributed by atoms with van der Waals surface area (Å²) in [6, 6.07) is 5.69. The molecule has 0 saturated carbocycles. The van der Waals surface area contributed by atoms with E-state index in [4.69, 9.17) is 0 Å². The normalized spacial score (nSPS) is 12.7. The van der Waals surface area contributed by atoms with E-state index in [1.54, 1.807) is 19.1 Å². The van der Waals surface area contributed by atoms with Crippen LogP contribution in [0.2, 0.25) is 0 Å². The van der Waals surface area contributed by atoms with Gasteiger partial charge in [0, 0.05) is 46.9 Å². The Balaban J connectivity index is 1.97. The summed E-state index contributed by atoms with van der Waals surface area (Å²) < 4.78 is 42.1. The first-order valence-corrected chi connectivity index (χ1v) is 14.5. The summed E-state index contributed by atoms with van der Waals surface area (Å²) in [4.78, 5) is 45.8. The van der Waals surface area contributed by atoms with Crippen molar-refractivity contribution in [3.8, 4) is 21.7 Å². The first kappa shape index (κ1) is 31.7. The second kappa shape index (κ2) is 12.2. The number of carboxylic acid groups (broad SMARTS) is 1. The SMILES string of the molecule is CCCC(n1cc(C(=O)O)c(=O)c2cc(-c3cnc(NC(=O)NCC)cc3-c3nc(C(F)(F)F)cs3)ccc21)C(C)(C)C. The number of carboxylic acids is 1. The van der Waals surface area contributed by atoms with E-state index in [9.17, 15) is 32.7 Å². The lowest BCUT2D eigenvalue weighted by Gasteiger charge is -2.34. The largest absolute Gasteiger partial charge is 0.477 e. The fraction of sp³-hybridized carbons (Fsp3) is 0.367. The molecule has 2 amide bonds. The van der Waals surface area contributed by atoms with Gasteiger partial charge >= 0.3 is 18.2 Å². The third kappa shape index (κ3) is 6.71. The Kier molecular flexibility index (Phi) is 8.95. The zero-order valence-corrected chi connectivity index (χ0v) is 25.1. The van der Waals surface area contributed by atoms with Gasteiger partial charge in [-0.1, -0.05) is 40.2 Å². The Morgan fingerprint density at radius 1 is 1.12 bits per heavy atom. The fourth-order valence-electron chi connectivity index (χ4n) is 4.98. The molecule has 4 rings (SSSR count). The molecule has 0 bridgehead atoms. The molecule has 0 aliphatic rings. The number of alkyl halides is 3. The van der Waals surface area contributed by atoms with Gasteiger partial charge in [0.1, 0.15) is 16.4 Å². The highest BCUT2D eigenvalue weighted by molar-refractivity contribution is 7.13. The van der Waals surface area contributed by atoms with E-state index in [-0.39, 0.29) is 38.8 Å². The van der Waals surface area contributed by atoms with Gasteiger partial charge in [0.05, 0.1) is 5.52 Å². The Morgan fingerprint density at radius 3 is 2.42 bits per heavy atom. The lowest BCUT2D eigenvalue weighted by Crippen LogP contribution is -2.28. The molecule has 9 nitrogen and oxygen atoms in total. The molecular formula is C30H32F3N5O4S. The number of pyridine rings is 2. The van der Waals surface area contributed by atoms with Gasteiger partial charge in [-0.05, 0) is 42.5 Å². The number of halogens is 3. The van der Waals surface area contributed by atoms with E-state index >= 15 is 0 Å². The predicted molar refractivity (Wildman–Crippen MR) is 161 cm³/mol. The molecule has 0 radical (unpaired) electrons. The molecule has 43 heavy (non-hydrogen) atoms. The quantitative estimate of drug-likeness (QED) is 0.189. The van der Waals surface area contributed by atoms with Crippen LogP contribution in [0.15, 0.2) is 46.8 Å². The Morgan fingerprint density at radius 2 is 1.84 bits per heavy atom. The number of carbonyl (C=O) groups excluding carboxylic acids is 1.